The van der Waals surface area contributed by atoms with Gasteiger partial charge in [-0.15, -0.1) is 0 Å². The van der Waals surface area contributed by atoms with E-state index < -0.39 is 0 Å². The number of benzene rings is 1. The van der Waals surface area contributed by atoms with Crippen LogP contribution in [-0.2, 0) is 6.42 Å². The number of aryl methyl sites for hydroxylation is 1. The first-order valence-corrected chi connectivity index (χ1v) is 6.90. The minimum atomic E-state index is -0.168. The van der Waals surface area contributed by atoms with Crippen LogP contribution in [0.15, 0.2) is 33.7 Å². The van der Waals surface area contributed by atoms with Gasteiger partial charge in [-0.2, -0.15) is 0 Å². The lowest BCUT2D eigenvalue weighted by molar-refractivity contribution is 0.198. The molecule has 0 fully saturated rings. The molecule has 2 aromatic rings. The van der Waals surface area contributed by atoms with Crippen LogP contribution in [-0.4, -0.2) is 18.3 Å². The monoisotopic (exact) mass is 276 g/mol. The standard InChI is InChI=1S/C16H20O4/c1-11(2)6-7-12-4-3-5-13-15(12)16(18)14(10-20-13)19-9-8-17/h3-5,10-11,17H,6-9H2,1-2H3. The van der Waals surface area contributed by atoms with Gasteiger partial charge in [-0.1, -0.05) is 26.0 Å². The van der Waals surface area contributed by atoms with Crippen LogP contribution < -0.4 is 10.2 Å². The van der Waals surface area contributed by atoms with E-state index in [2.05, 4.69) is 13.8 Å². The molecule has 0 radical (unpaired) electrons. The maximum absolute atomic E-state index is 12.4. The van der Waals surface area contributed by atoms with E-state index in [1.807, 2.05) is 12.1 Å². The van der Waals surface area contributed by atoms with Crippen molar-refractivity contribution in [1.82, 2.24) is 0 Å². The Morgan fingerprint density at radius 1 is 1.35 bits per heavy atom. The van der Waals surface area contributed by atoms with Crippen LogP contribution in [0.25, 0.3) is 11.0 Å². The van der Waals surface area contributed by atoms with E-state index in [9.17, 15) is 4.79 Å². The molecule has 0 unspecified atom stereocenters. The largest absolute Gasteiger partial charge is 0.484 e. The van der Waals surface area contributed by atoms with Crippen LogP contribution in [0.5, 0.6) is 5.75 Å². The van der Waals surface area contributed by atoms with Gasteiger partial charge in [0.05, 0.1) is 12.0 Å². The van der Waals surface area contributed by atoms with Crippen molar-refractivity contribution in [2.45, 2.75) is 26.7 Å². The third kappa shape index (κ3) is 3.20. The van der Waals surface area contributed by atoms with Crippen LogP contribution in [0.1, 0.15) is 25.8 Å². The summed E-state index contributed by atoms with van der Waals surface area (Å²) >= 11 is 0. The first-order chi connectivity index (χ1) is 9.63. The Bertz CT molecular complexity index is 628. The maximum Gasteiger partial charge on any atom is 0.234 e. The van der Waals surface area contributed by atoms with Crippen LogP contribution in [0.4, 0.5) is 0 Å². The highest BCUT2D eigenvalue weighted by Crippen LogP contribution is 2.21. The molecule has 0 aliphatic rings. The molecule has 0 saturated carbocycles. The molecule has 0 atom stereocenters. The Hall–Kier alpha value is -1.81. The summed E-state index contributed by atoms with van der Waals surface area (Å²) < 4.78 is 10.7. The molecule has 0 bridgehead atoms. The van der Waals surface area contributed by atoms with E-state index in [0.717, 1.165) is 18.4 Å². The minimum Gasteiger partial charge on any atom is -0.484 e. The summed E-state index contributed by atoms with van der Waals surface area (Å²) in [4.78, 5) is 12.4. The smallest absolute Gasteiger partial charge is 0.234 e. The zero-order valence-electron chi connectivity index (χ0n) is 11.9. The molecule has 0 saturated heterocycles. The average molecular weight is 276 g/mol. The second-order valence-corrected chi connectivity index (χ2v) is 5.22. The number of hydrogen-bond acceptors (Lipinski definition) is 4. The van der Waals surface area contributed by atoms with Gasteiger partial charge in [0.2, 0.25) is 11.2 Å². The number of hydrogen-bond donors (Lipinski definition) is 1. The molecule has 1 aromatic carbocycles. The van der Waals surface area contributed by atoms with Crippen molar-refractivity contribution in [3.05, 3.63) is 40.2 Å². The van der Waals surface area contributed by atoms with Gasteiger partial charge in [-0.3, -0.25) is 4.79 Å². The second-order valence-electron chi connectivity index (χ2n) is 5.22. The predicted molar refractivity (Wildman–Crippen MR) is 78.2 cm³/mol. The summed E-state index contributed by atoms with van der Waals surface area (Å²) in [6.45, 7) is 4.27. The molecule has 1 N–H and O–H groups in total. The fourth-order valence-electron chi connectivity index (χ4n) is 2.13. The van der Waals surface area contributed by atoms with Gasteiger partial charge in [-0.05, 0) is 30.4 Å². The van der Waals surface area contributed by atoms with Crippen molar-refractivity contribution in [3.63, 3.8) is 0 Å². The molecule has 1 aromatic heterocycles. The van der Waals surface area contributed by atoms with Crippen LogP contribution in [0.3, 0.4) is 0 Å². The van der Waals surface area contributed by atoms with E-state index in [-0.39, 0.29) is 24.4 Å². The van der Waals surface area contributed by atoms with E-state index in [1.54, 1.807) is 6.07 Å². The van der Waals surface area contributed by atoms with Crippen molar-refractivity contribution >= 4 is 11.0 Å². The van der Waals surface area contributed by atoms with Crippen LogP contribution >= 0.6 is 0 Å². The molecule has 0 aliphatic carbocycles. The zero-order valence-corrected chi connectivity index (χ0v) is 11.9. The van der Waals surface area contributed by atoms with E-state index >= 15 is 0 Å². The van der Waals surface area contributed by atoms with Crippen molar-refractivity contribution in [2.24, 2.45) is 5.92 Å². The fraction of sp³-hybridized carbons (Fsp3) is 0.438. The maximum atomic E-state index is 12.4. The molecule has 4 heteroatoms. The Balaban J connectivity index is 2.44. The lowest BCUT2D eigenvalue weighted by Gasteiger charge is -2.09. The van der Waals surface area contributed by atoms with Gasteiger partial charge in [0.25, 0.3) is 0 Å². The summed E-state index contributed by atoms with van der Waals surface area (Å²) in [6.07, 6.45) is 3.16. The normalized spacial score (nSPS) is 11.2. The van der Waals surface area contributed by atoms with Crippen molar-refractivity contribution in [1.29, 1.82) is 0 Å². The third-order valence-corrected chi connectivity index (χ3v) is 3.20. The number of ether oxygens (including phenoxy) is 1. The van der Waals surface area contributed by atoms with E-state index in [0.29, 0.717) is 16.9 Å². The number of aliphatic hydroxyl groups excluding tert-OH is 1. The topological polar surface area (TPSA) is 59.7 Å². The molecular formula is C16H20O4. The molecule has 20 heavy (non-hydrogen) atoms. The highest BCUT2D eigenvalue weighted by atomic mass is 16.5. The molecule has 0 aliphatic heterocycles. The molecule has 1 heterocycles. The van der Waals surface area contributed by atoms with Gasteiger partial charge in [0.15, 0.2) is 0 Å². The van der Waals surface area contributed by atoms with Crippen molar-refractivity contribution < 1.29 is 14.3 Å². The van der Waals surface area contributed by atoms with Crippen LogP contribution in [0, 0.1) is 5.92 Å². The summed E-state index contributed by atoms with van der Waals surface area (Å²) in [5, 5.41) is 9.36. The molecular weight excluding hydrogens is 256 g/mol. The minimum absolute atomic E-state index is 0.0877. The van der Waals surface area contributed by atoms with Gasteiger partial charge in [0.1, 0.15) is 18.5 Å². The highest BCUT2D eigenvalue weighted by Gasteiger charge is 2.12. The Kier molecular flexibility index (Phi) is 4.79. The molecule has 108 valence electrons. The number of fused-ring (bicyclic) bond motifs is 1. The van der Waals surface area contributed by atoms with E-state index in [4.69, 9.17) is 14.3 Å². The Labute approximate surface area is 118 Å². The first kappa shape index (κ1) is 14.6. The molecule has 0 spiro atoms. The lowest BCUT2D eigenvalue weighted by Crippen LogP contribution is -2.12. The molecule has 2 rings (SSSR count). The Morgan fingerprint density at radius 2 is 2.15 bits per heavy atom. The van der Waals surface area contributed by atoms with Gasteiger partial charge in [-0.25, -0.2) is 0 Å². The van der Waals surface area contributed by atoms with Gasteiger partial charge in [0, 0.05) is 0 Å². The summed E-state index contributed by atoms with van der Waals surface area (Å²) in [7, 11) is 0. The van der Waals surface area contributed by atoms with Crippen LogP contribution in [0.2, 0.25) is 0 Å². The van der Waals surface area contributed by atoms with Crippen molar-refractivity contribution in [2.75, 3.05) is 13.2 Å². The lowest BCUT2D eigenvalue weighted by atomic mass is 9.99. The van der Waals surface area contributed by atoms with Gasteiger partial charge < -0.3 is 14.3 Å². The summed E-state index contributed by atoms with van der Waals surface area (Å²) in [5.41, 5.74) is 1.39. The summed E-state index contributed by atoms with van der Waals surface area (Å²) in [6, 6.07) is 5.64. The SMILES string of the molecule is CC(C)CCc1cccc2occ(OCCO)c(=O)c12. The molecule has 4 nitrogen and oxygen atoms in total. The van der Waals surface area contributed by atoms with Gasteiger partial charge >= 0.3 is 0 Å². The highest BCUT2D eigenvalue weighted by molar-refractivity contribution is 5.81. The quantitative estimate of drug-likeness (QED) is 0.881. The summed E-state index contributed by atoms with van der Waals surface area (Å²) in [5.74, 6) is 0.731. The fourth-order valence-corrected chi connectivity index (χ4v) is 2.13. The molecule has 0 amide bonds. The number of rotatable bonds is 6. The third-order valence-electron chi connectivity index (χ3n) is 3.20. The average Bonchev–Trinajstić information content (AvgIpc) is 2.44. The number of aliphatic hydroxyl groups is 1. The first-order valence-electron chi connectivity index (χ1n) is 6.90. The van der Waals surface area contributed by atoms with E-state index in [1.165, 1.54) is 6.26 Å². The Morgan fingerprint density at radius 3 is 2.85 bits per heavy atom. The zero-order chi connectivity index (χ0) is 14.5. The predicted octanol–water partition coefficient (Wildman–Crippen LogP) is 2.75. The second kappa shape index (κ2) is 6.57. The van der Waals surface area contributed by atoms with Crippen molar-refractivity contribution in [3.8, 4) is 5.75 Å².